The second-order valence-corrected chi connectivity index (χ2v) is 6.64. The minimum absolute atomic E-state index is 0.273. The van der Waals surface area contributed by atoms with Gasteiger partial charge in [-0.1, -0.05) is 5.16 Å². The summed E-state index contributed by atoms with van der Waals surface area (Å²) < 4.78 is 10.9. The zero-order valence-corrected chi connectivity index (χ0v) is 15.1. The van der Waals surface area contributed by atoms with Crippen molar-refractivity contribution < 1.29 is 14.1 Å². The van der Waals surface area contributed by atoms with Gasteiger partial charge in [-0.15, -0.1) is 11.3 Å². The number of aryl methyl sites for hydroxylation is 2. The van der Waals surface area contributed by atoms with Crippen molar-refractivity contribution in [1.82, 2.24) is 20.1 Å². The van der Waals surface area contributed by atoms with Gasteiger partial charge in [0.15, 0.2) is 5.82 Å². The van der Waals surface area contributed by atoms with E-state index < -0.39 is 5.97 Å². The Morgan fingerprint density at radius 1 is 1.37 bits per heavy atom. The molecule has 0 amide bonds. The van der Waals surface area contributed by atoms with Crippen LogP contribution in [0.15, 0.2) is 45.3 Å². The molecular weight excluding hydrogens is 368 g/mol. The molecule has 4 aromatic rings. The Labute approximate surface area is 156 Å². The van der Waals surface area contributed by atoms with Crippen LogP contribution >= 0.6 is 11.3 Å². The predicted molar refractivity (Wildman–Crippen MR) is 98.7 cm³/mol. The van der Waals surface area contributed by atoms with Gasteiger partial charge in [-0.25, -0.2) is 4.79 Å². The molecular formula is C18H14N4O4S. The summed E-state index contributed by atoms with van der Waals surface area (Å²) in [7, 11) is 1.31. The van der Waals surface area contributed by atoms with Crippen molar-refractivity contribution in [1.29, 1.82) is 0 Å². The third-order valence-electron chi connectivity index (χ3n) is 4.04. The molecule has 0 radical (unpaired) electrons. The van der Waals surface area contributed by atoms with Gasteiger partial charge in [0.2, 0.25) is 5.56 Å². The summed E-state index contributed by atoms with van der Waals surface area (Å²) in [6.07, 6.45) is 4.35. The van der Waals surface area contributed by atoms with E-state index >= 15 is 0 Å². The number of fused-ring (bicyclic) bond motifs is 1. The monoisotopic (exact) mass is 382 g/mol. The summed E-state index contributed by atoms with van der Waals surface area (Å²) in [5, 5.41) is 5.67. The lowest BCUT2D eigenvalue weighted by Crippen LogP contribution is -2.09. The Morgan fingerprint density at radius 2 is 2.26 bits per heavy atom. The lowest BCUT2D eigenvalue weighted by Gasteiger charge is -2.02. The van der Waals surface area contributed by atoms with Crippen LogP contribution < -0.4 is 5.56 Å². The first-order valence-electron chi connectivity index (χ1n) is 8.10. The van der Waals surface area contributed by atoms with Crippen molar-refractivity contribution in [2.24, 2.45) is 0 Å². The first-order valence-corrected chi connectivity index (χ1v) is 8.98. The maximum atomic E-state index is 12.0. The Morgan fingerprint density at radius 3 is 3.04 bits per heavy atom. The Balaban J connectivity index is 1.59. The molecule has 0 fully saturated rings. The molecule has 0 aromatic carbocycles. The van der Waals surface area contributed by atoms with Crippen LogP contribution in [0, 0.1) is 0 Å². The van der Waals surface area contributed by atoms with Crippen molar-refractivity contribution in [3.63, 3.8) is 0 Å². The van der Waals surface area contributed by atoms with Gasteiger partial charge in [0.25, 0.3) is 5.89 Å². The highest BCUT2D eigenvalue weighted by atomic mass is 32.1. The van der Waals surface area contributed by atoms with Crippen molar-refractivity contribution in [3.8, 4) is 11.5 Å². The van der Waals surface area contributed by atoms with Crippen molar-refractivity contribution in [2.45, 2.75) is 12.8 Å². The number of nitrogens with one attached hydrogen (secondary N) is 1. The molecule has 0 bridgehead atoms. The Bertz CT molecular complexity index is 1160. The quantitative estimate of drug-likeness (QED) is 0.528. The standard InChI is InChI=1S/C18H14N4O4S/c1-25-18(24)12-9-27-16-10(7-14(23)21-15(12)16)4-5-13-20-17(26-22-13)11-3-2-6-19-8-11/h2-3,6-9H,4-5H2,1H3,(H,21,23). The molecule has 27 heavy (non-hydrogen) atoms. The minimum atomic E-state index is -0.478. The normalized spacial score (nSPS) is 11.0. The van der Waals surface area contributed by atoms with E-state index in [2.05, 4.69) is 20.1 Å². The Kier molecular flexibility index (Phi) is 4.51. The van der Waals surface area contributed by atoms with Gasteiger partial charge in [-0.2, -0.15) is 4.98 Å². The van der Waals surface area contributed by atoms with E-state index in [-0.39, 0.29) is 5.56 Å². The molecule has 4 rings (SSSR count). The molecule has 0 unspecified atom stereocenters. The maximum absolute atomic E-state index is 12.0. The summed E-state index contributed by atoms with van der Waals surface area (Å²) in [6, 6.07) is 5.16. The topological polar surface area (TPSA) is 111 Å². The van der Waals surface area contributed by atoms with Gasteiger partial charge < -0.3 is 14.2 Å². The highest BCUT2D eigenvalue weighted by Crippen LogP contribution is 2.27. The zero-order valence-electron chi connectivity index (χ0n) is 14.3. The molecule has 9 heteroatoms. The molecule has 4 heterocycles. The summed E-state index contributed by atoms with van der Waals surface area (Å²) in [5.41, 5.74) is 2.15. The molecule has 0 aliphatic rings. The van der Waals surface area contributed by atoms with Gasteiger partial charge in [0, 0.05) is 30.3 Å². The number of H-pyrrole nitrogens is 1. The minimum Gasteiger partial charge on any atom is -0.465 e. The SMILES string of the molecule is COC(=O)c1csc2c(CCc3noc(-c4cccnc4)n3)cc(=O)[nH]c12. The zero-order chi connectivity index (χ0) is 18.8. The van der Waals surface area contributed by atoms with E-state index in [4.69, 9.17) is 9.26 Å². The Hall–Kier alpha value is -3.33. The maximum Gasteiger partial charge on any atom is 0.340 e. The van der Waals surface area contributed by atoms with Crippen LogP contribution in [0.3, 0.4) is 0 Å². The van der Waals surface area contributed by atoms with E-state index in [9.17, 15) is 9.59 Å². The average Bonchev–Trinajstić information content (AvgIpc) is 3.33. The number of thiophene rings is 1. The smallest absolute Gasteiger partial charge is 0.340 e. The number of ether oxygens (including phenoxy) is 1. The number of aromatic amines is 1. The molecule has 0 aliphatic carbocycles. The molecule has 1 N–H and O–H groups in total. The van der Waals surface area contributed by atoms with Gasteiger partial charge in [0.05, 0.1) is 28.5 Å². The molecule has 0 saturated heterocycles. The number of rotatable bonds is 5. The fourth-order valence-corrected chi connectivity index (χ4v) is 3.80. The van der Waals surface area contributed by atoms with E-state index in [1.807, 2.05) is 6.07 Å². The lowest BCUT2D eigenvalue weighted by atomic mass is 10.1. The summed E-state index contributed by atoms with van der Waals surface area (Å²) in [6.45, 7) is 0. The fraction of sp³-hybridized carbons (Fsp3) is 0.167. The number of methoxy groups -OCH3 is 1. The van der Waals surface area contributed by atoms with Gasteiger partial charge in [-0.3, -0.25) is 9.78 Å². The van der Waals surface area contributed by atoms with Crippen molar-refractivity contribution in [2.75, 3.05) is 7.11 Å². The van der Waals surface area contributed by atoms with Crippen LogP contribution in [-0.4, -0.2) is 33.2 Å². The van der Waals surface area contributed by atoms with Gasteiger partial charge >= 0.3 is 5.97 Å². The number of hydrogen-bond donors (Lipinski definition) is 1. The molecule has 0 saturated carbocycles. The largest absolute Gasteiger partial charge is 0.465 e. The van der Waals surface area contributed by atoms with E-state index in [1.54, 1.807) is 23.8 Å². The van der Waals surface area contributed by atoms with E-state index in [0.29, 0.717) is 35.6 Å². The number of carbonyl (C=O) groups excluding carboxylic acids is 1. The third kappa shape index (κ3) is 3.36. The van der Waals surface area contributed by atoms with Crippen LogP contribution in [0.5, 0.6) is 0 Å². The number of esters is 1. The van der Waals surface area contributed by atoms with Crippen LogP contribution in [0.25, 0.3) is 21.7 Å². The average molecular weight is 382 g/mol. The number of nitrogens with zero attached hydrogens (tertiary/aromatic N) is 3. The highest BCUT2D eigenvalue weighted by Gasteiger charge is 2.17. The molecule has 8 nitrogen and oxygen atoms in total. The molecule has 0 atom stereocenters. The first kappa shape index (κ1) is 17.1. The molecule has 0 aliphatic heterocycles. The summed E-state index contributed by atoms with van der Waals surface area (Å²) in [4.78, 5) is 35.0. The number of hydrogen-bond acceptors (Lipinski definition) is 8. The van der Waals surface area contributed by atoms with Crippen LogP contribution in [0.2, 0.25) is 0 Å². The number of aromatic nitrogens is 4. The molecule has 4 aromatic heterocycles. The summed E-state index contributed by atoms with van der Waals surface area (Å²) in [5.74, 6) is 0.457. The number of carbonyl (C=O) groups is 1. The van der Waals surface area contributed by atoms with Crippen LogP contribution in [0.1, 0.15) is 21.7 Å². The number of pyridine rings is 2. The molecule has 0 spiro atoms. The van der Waals surface area contributed by atoms with E-state index in [1.165, 1.54) is 24.5 Å². The predicted octanol–water partition coefficient (Wildman–Crippen LogP) is 2.61. The third-order valence-corrected chi connectivity index (χ3v) is 5.09. The first-order chi connectivity index (χ1) is 13.2. The summed E-state index contributed by atoms with van der Waals surface area (Å²) >= 11 is 1.39. The van der Waals surface area contributed by atoms with E-state index in [0.717, 1.165) is 15.8 Å². The van der Waals surface area contributed by atoms with Crippen LogP contribution in [0.4, 0.5) is 0 Å². The second kappa shape index (κ2) is 7.12. The van der Waals surface area contributed by atoms with Gasteiger partial charge in [0.1, 0.15) is 0 Å². The van der Waals surface area contributed by atoms with Crippen molar-refractivity contribution in [3.05, 3.63) is 63.3 Å². The molecule has 136 valence electrons. The van der Waals surface area contributed by atoms with Crippen LogP contribution in [-0.2, 0) is 17.6 Å². The second-order valence-electron chi connectivity index (χ2n) is 5.76. The highest BCUT2D eigenvalue weighted by molar-refractivity contribution is 7.17. The van der Waals surface area contributed by atoms with Gasteiger partial charge in [-0.05, 0) is 24.1 Å². The fourth-order valence-electron chi connectivity index (χ4n) is 2.76. The van der Waals surface area contributed by atoms with Crippen molar-refractivity contribution >= 4 is 27.5 Å². The lowest BCUT2D eigenvalue weighted by molar-refractivity contribution is 0.0603.